The van der Waals surface area contributed by atoms with Gasteiger partial charge in [-0.2, -0.15) is 4.99 Å². The predicted molar refractivity (Wildman–Crippen MR) is 124 cm³/mol. The third-order valence-electron chi connectivity index (χ3n) is 4.77. The molecular formula is C24H28N2O5S. The summed E-state index contributed by atoms with van der Waals surface area (Å²) in [4.78, 5) is 29.6. The molecule has 3 aromatic rings. The number of benzene rings is 2. The molecule has 0 aliphatic heterocycles. The van der Waals surface area contributed by atoms with Crippen molar-refractivity contribution >= 4 is 33.4 Å². The van der Waals surface area contributed by atoms with Gasteiger partial charge in [0.1, 0.15) is 18.0 Å². The van der Waals surface area contributed by atoms with E-state index in [-0.39, 0.29) is 6.54 Å². The quantitative estimate of drug-likeness (QED) is 0.329. The average molecular weight is 457 g/mol. The Morgan fingerprint density at radius 1 is 1.03 bits per heavy atom. The minimum absolute atomic E-state index is 0.0445. The molecular weight excluding hydrogens is 428 g/mol. The van der Waals surface area contributed by atoms with E-state index in [4.69, 9.17) is 14.2 Å². The fraction of sp³-hybridized carbons (Fsp3) is 0.375. The number of nitrogens with zero attached hydrogens (tertiary/aromatic N) is 2. The fourth-order valence-electron chi connectivity index (χ4n) is 3.15. The number of methoxy groups -OCH3 is 1. The molecule has 0 unspecified atom stereocenters. The third-order valence-corrected chi connectivity index (χ3v) is 5.82. The molecule has 0 spiro atoms. The number of hydrogen-bond donors (Lipinski definition) is 0. The van der Waals surface area contributed by atoms with E-state index in [9.17, 15) is 9.59 Å². The number of rotatable bonds is 10. The first kappa shape index (κ1) is 23.5. The summed E-state index contributed by atoms with van der Waals surface area (Å²) in [6, 6.07) is 12.6. The fourth-order valence-corrected chi connectivity index (χ4v) is 4.21. The highest BCUT2D eigenvalue weighted by atomic mass is 32.1. The molecule has 1 amide bonds. The topological polar surface area (TPSA) is 79.1 Å². The van der Waals surface area contributed by atoms with Gasteiger partial charge in [0.2, 0.25) is 0 Å². The van der Waals surface area contributed by atoms with Crippen molar-refractivity contribution in [2.45, 2.75) is 39.7 Å². The minimum atomic E-state index is -0.421. The van der Waals surface area contributed by atoms with E-state index >= 15 is 0 Å². The lowest BCUT2D eigenvalue weighted by Crippen LogP contribution is -2.22. The first-order valence-electron chi connectivity index (χ1n) is 10.7. The first-order valence-corrected chi connectivity index (χ1v) is 11.5. The summed E-state index contributed by atoms with van der Waals surface area (Å²) in [6.07, 6.45) is 3.19. The number of amides is 1. The Morgan fingerprint density at radius 2 is 1.84 bits per heavy atom. The second-order valence-corrected chi connectivity index (χ2v) is 8.12. The maximum absolute atomic E-state index is 12.9. The number of thiazole rings is 1. The number of fused-ring (bicyclic) bond motifs is 1. The molecule has 0 atom stereocenters. The molecule has 8 heteroatoms. The highest BCUT2D eigenvalue weighted by molar-refractivity contribution is 7.16. The Balaban J connectivity index is 1.94. The Morgan fingerprint density at radius 3 is 2.59 bits per heavy atom. The molecule has 0 aliphatic carbocycles. The Labute approximate surface area is 191 Å². The first-order chi connectivity index (χ1) is 15.5. The second kappa shape index (κ2) is 11.5. The summed E-state index contributed by atoms with van der Waals surface area (Å²) in [7, 11) is 1.33. The van der Waals surface area contributed by atoms with Crippen LogP contribution >= 0.6 is 11.3 Å². The van der Waals surface area contributed by atoms with Gasteiger partial charge < -0.3 is 18.8 Å². The summed E-state index contributed by atoms with van der Waals surface area (Å²) in [6.45, 7) is 5.17. The number of aromatic nitrogens is 1. The van der Waals surface area contributed by atoms with Gasteiger partial charge in [-0.15, -0.1) is 0 Å². The second-order valence-electron chi connectivity index (χ2n) is 7.11. The molecule has 7 nitrogen and oxygen atoms in total. The maximum atomic E-state index is 12.9. The molecule has 1 heterocycles. The molecule has 170 valence electrons. The lowest BCUT2D eigenvalue weighted by molar-refractivity contribution is -0.141. The van der Waals surface area contributed by atoms with E-state index in [2.05, 4.69) is 11.9 Å². The summed E-state index contributed by atoms with van der Waals surface area (Å²) in [5.74, 6) is 0.536. The van der Waals surface area contributed by atoms with E-state index in [1.807, 2.05) is 31.2 Å². The summed E-state index contributed by atoms with van der Waals surface area (Å²) in [5.41, 5.74) is 1.21. The van der Waals surface area contributed by atoms with Crippen molar-refractivity contribution in [1.29, 1.82) is 0 Å². The van der Waals surface area contributed by atoms with Crippen LogP contribution < -0.4 is 14.3 Å². The molecule has 0 aliphatic rings. The SMILES string of the molecule is CCCCCOc1cccc(C(=O)N=c2sc3cc(OCC)ccc3n2CC(=O)OC)c1. The Kier molecular flexibility index (Phi) is 8.44. The zero-order chi connectivity index (χ0) is 22.9. The standard InChI is InChI=1S/C24H28N2O5S/c1-4-6-7-13-31-18-10-8-9-17(14-18)23(28)25-24-26(16-22(27)29-3)20-12-11-19(30-5-2)15-21(20)32-24/h8-12,14-15H,4-7,13,16H2,1-3H3. The van der Waals surface area contributed by atoms with Gasteiger partial charge in [0, 0.05) is 5.56 Å². The van der Waals surface area contributed by atoms with Crippen LogP contribution in [0.3, 0.4) is 0 Å². The van der Waals surface area contributed by atoms with Gasteiger partial charge in [0.05, 0.1) is 30.5 Å². The van der Waals surface area contributed by atoms with Crippen LogP contribution in [-0.2, 0) is 16.1 Å². The Hall–Kier alpha value is -3.13. The molecule has 0 radical (unpaired) electrons. The molecule has 3 rings (SSSR count). The number of esters is 1. The monoisotopic (exact) mass is 456 g/mol. The number of unbranched alkanes of at least 4 members (excludes halogenated alkanes) is 2. The predicted octanol–water partition coefficient (Wildman–Crippen LogP) is 4.58. The number of hydrogen-bond acceptors (Lipinski definition) is 6. The number of carbonyl (C=O) groups is 2. The Bertz CT molecular complexity index is 1150. The lowest BCUT2D eigenvalue weighted by Gasteiger charge is -2.06. The van der Waals surface area contributed by atoms with Crippen molar-refractivity contribution in [3.8, 4) is 11.5 Å². The van der Waals surface area contributed by atoms with Gasteiger partial charge in [0.15, 0.2) is 4.80 Å². The number of carbonyl (C=O) groups excluding carboxylic acids is 2. The van der Waals surface area contributed by atoms with Crippen molar-refractivity contribution in [3.63, 3.8) is 0 Å². The van der Waals surface area contributed by atoms with Gasteiger partial charge in [-0.05, 0) is 49.7 Å². The van der Waals surface area contributed by atoms with Gasteiger partial charge in [-0.3, -0.25) is 9.59 Å². The van der Waals surface area contributed by atoms with Crippen LogP contribution in [0.15, 0.2) is 47.5 Å². The van der Waals surface area contributed by atoms with Crippen LogP contribution in [0.2, 0.25) is 0 Å². The summed E-state index contributed by atoms with van der Waals surface area (Å²) >= 11 is 1.32. The molecule has 0 bridgehead atoms. The van der Waals surface area contributed by atoms with Gasteiger partial charge in [-0.25, -0.2) is 0 Å². The zero-order valence-electron chi connectivity index (χ0n) is 18.6. The highest BCUT2D eigenvalue weighted by Crippen LogP contribution is 2.24. The van der Waals surface area contributed by atoms with Crippen LogP contribution in [0.5, 0.6) is 11.5 Å². The van der Waals surface area contributed by atoms with Crippen molar-refractivity contribution in [3.05, 3.63) is 52.8 Å². The van der Waals surface area contributed by atoms with E-state index < -0.39 is 11.9 Å². The summed E-state index contributed by atoms with van der Waals surface area (Å²) in [5, 5.41) is 0. The molecule has 2 aromatic carbocycles. The largest absolute Gasteiger partial charge is 0.494 e. The smallest absolute Gasteiger partial charge is 0.325 e. The van der Waals surface area contributed by atoms with Gasteiger partial charge >= 0.3 is 5.97 Å². The van der Waals surface area contributed by atoms with Crippen LogP contribution in [-0.4, -0.2) is 36.8 Å². The van der Waals surface area contributed by atoms with E-state index in [0.29, 0.717) is 29.3 Å². The van der Waals surface area contributed by atoms with E-state index in [1.165, 1.54) is 18.4 Å². The average Bonchev–Trinajstić information content (AvgIpc) is 3.13. The van der Waals surface area contributed by atoms with Crippen LogP contribution in [0.1, 0.15) is 43.5 Å². The minimum Gasteiger partial charge on any atom is -0.494 e. The molecule has 32 heavy (non-hydrogen) atoms. The van der Waals surface area contributed by atoms with Crippen LogP contribution in [0, 0.1) is 0 Å². The molecule has 0 saturated carbocycles. The third kappa shape index (κ3) is 5.97. The van der Waals surface area contributed by atoms with Gasteiger partial charge in [0.25, 0.3) is 5.91 Å². The zero-order valence-corrected chi connectivity index (χ0v) is 19.4. The van der Waals surface area contributed by atoms with Crippen molar-refractivity contribution in [2.75, 3.05) is 20.3 Å². The van der Waals surface area contributed by atoms with Crippen molar-refractivity contribution in [2.24, 2.45) is 4.99 Å². The van der Waals surface area contributed by atoms with E-state index in [0.717, 1.165) is 35.2 Å². The molecule has 0 fully saturated rings. The van der Waals surface area contributed by atoms with Gasteiger partial charge in [-0.1, -0.05) is 37.2 Å². The summed E-state index contributed by atoms with van der Waals surface area (Å²) < 4.78 is 18.7. The van der Waals surface area contributed by atoms with E-state index in [1.54, 1.807) is 22.8 Å². The lowest BCUT2D eigenvalue weighted by atomic mass is 10.2. The molecule has 1 aromatic heterocycles. The molecule has 0 N–H and O–H groups in total. The number of ether oxygens (including phenoxy) is 3. The van der Waals surface area contributed by atoms with Crippen LogP contribution in [0.4, 0.5) is 0 Å². The van der Waals surface area contributed by atoms with Crippen LogP contribution in [0.25, 0.3) is 10.2 Å². The van der Waals surface area contributed by atoms with Crippen molar-refractivity contribution < 1.29 is 23.8 Å². The normalized spacial score (nSPS) is 11.5. The van der Waals surface area contributed by atoms with Crippen molar-refractivity contribution in [1.82, 2.24) is 4.57 Å². The highest BCUT2D eigenvalue weighted by Gasteiger charge is 2.14. The maximum Gasteiger partial charge on any atom is 0.325 e. The molecule has 0 saturated heterocycles.